The molecule has 7 nitrogen and oxygen atoms in total. The van der Waals surface area contributed by atoms with Gasteiger partial charge in [-0.15, -0.1) is 11.3 Å². The molecule has 2 aliphatic rings. The summed E-state index contributed by atoms with van der Waals surface area (Å²) in [5.74, 6) is -0.147. The van der Waals surface area contributed by atoms with Crippen LogP contribution in [0.2, 0.25) is 0 Å². The molecule has 1 saturated carbocycles. The smallest absolute Gasteiger partial charge is 0.328 e. The number of likely N-dealkylation sites (tertiary alicyclic amines) is 1. The van der Waals surface area contributed by atoms with Crippen LogP contribution in [0.25, 0.3) is 0 Å². The second-order valence-electron chi connectivity index (χ2n) is 6.97. The second-order valence-corrected chi connectivity index (χ2v) is 7.95. The fraction of sp³-hybridized carbons (Fsp3) is 0.611. The Morgan fingerprint density at radius 3 is 2.81 bits per heavy atom. The van der Waals surface area contributed by atoms with Gasteiger partial charge in [0.1, 0.15) is 6.04 Å². The lowest BCUT2D eigenvalue weighted by molar-refractivity contribution is -0.152. The zero-order chi connectivity index (χ0) is 18.7. The monoisotopic (exact) mass is 379 g/mol. The zero-order valence-electron chi connectivity index (χ0n) is 14.8. The number of hydrogen-bond donors (Lipinski definition) is 2. The van der Waals surface area contributed by atoms with Crippen molar-refractivity contribution in [3.63, 3.8) is 0 Å². The number of ether oxygens (including phenoxy) is 1. The number of carbonyl (C=O) groups excluding carboxylic acids is 3. The van der Waals surface area contributed by atoms with Gasteiger partial charge in [-0.3, -0.25) is 4.79 Å². The van der Waals surface area contributed by atoms with Crippen LogP contribution in [-0.4, -0.2) is 42.0 Å². The van der Waals surface area contributed by atoms with Crippen LogP contribution in [-0.2, 0) is 14.3 Å². The highest BCUT2D eigenvalue weighted by Gasteiger charge is 2.48. The van der Waals surface area contributed by atoms with E-state index in [1.54, 1.807) is 4.90 Å². The first-order chi connectivity index (χ1) is 12.5. The van der Waals surface area contributed by atoms with Crippen molar-refractivity contribution in [2.75, 3.05) is 7.11 Å². The number of rotatable bonds is 5. The third kappa shape index (κ3) is 3.85. The number of methoxy groups -OCH3 is 1. The van der Waals surface area contributed by atoms with Gasteiger partial charge in [0.05, 0.1) is 19.6 Å². The summed E-state index contributed by atoms with van der Waals surface area (Å²) in [6, 6.07) is 2.13. The van der Waals surface area contributed by atoms with Crippen molar-refractivity contribution in [1.82, 2.24) is 10.2 Å². The lowest BCUT2D eigenvalue weighted by atomic mass is 9.84. The number of urea groups is 1. The Morgan fingerprint density at radius 2 is 2.15 bits per heavy atom. The summed E-state index contributed by atoms with van der Waals surface area (Å²) in [7, 11) is 1.36. The number of fused-ring (bicyclic) bond motifs is 1. The van der Waals surface area contributed by atoms with Crippen LogP contribution in [0.4, 0.5) is 4.79 Å². The van der Waals surface area contributed by atoms with Gasteiger partial charge >= 0.3 is 12.0 Å². The Morgan fingerprint density at radius 1 is 1.38 bits per heavy atom. The predicted octanol–water partition coefficient (Wildman–Crippen LogP) is 2.18. The number of amides is 3. The molecule has 142 valence electrons. The first kappa shape index (κ1) is 18.7. The fourth-order valence-electron chi connectivity index (χ4n) is 4.33. The van der Waals surface area contributed by atoms with E-state index >= 15 is 0 Å². The highest BCUT2D eigenvalue weighted by molar-refractivity contribution is 7.10. The molecule has 0 radical (unpaired) electrons. The highest BCUT2D eigenvalue weighted by Crippen LogP contribution is 2.41. The van der Waals surface area contributed by atoms with Crippen molar-refractivity contribution >= 4 is 29.2 Å². The Kier molecular flexibility index (Phi) is 5.80. The molecule has 1 saturated heterocycles. The molecule has 4 atom stereocenters. The number of nitrogens with two attached hydrogens (primary N) is 1. The minimum Gasteiger partial charge on any atom is -0.467 e. The summed E-state index contributed by atoms with van der Waals surface area (Å²) >= 11 is 1.46. The number of nitrogens with one attached hydrogen (secondary N) is 1. The lowest BCUT2D eigenvalue weighted by Gasteiger charge is -2.34. The maximum Gasteiger partial charge on any atom is 0.328 e. The number of carbonyl (C=O) groups is 3. The van der Waals surface area contributed by atoms with Crippen LogP contribution >= 0.6 is 11.3 Å². The largest absolute Gasteiger partial charge is 0.467 e. The Bertz CT molecular complexity index is 663. The van der Waals surface area contributed by atoms with Crippen molar-refractivity contribution in [1.29, 1.82) is 0 Å². The molecule has 2 fully saturated rings. The molecule has 1 aliphatic heterocycles. The normalized spacial score (nSPS) is 26.0. The molecular weight excluding hydrogens is 354 g/mol. The van der Waals surface area contributed by atoms with E-state index in [1.807, 2.05) is 17.5 Å². The van der Waals surface area contributed by atoms with Gasteiger partial charge in [-0.05, 0) is 36.6 Å². The van der Waals surface area contributed by atoms with E-state index in [-0.39, 0.29) is 24.3 Å². The van der Waals surface area contributed by atoms with E-state index in [4.69, 9.17) is 10.5 Å². The van der Waals surface area contributed by atoms with Crippen LogP contribution in [0.3, 0.4) is 0 Å². The summed E-state index contributed by atoms with van der Waals surface area (Å²) < 4.78 is 4.94. The molecule has 3 N–H and O–H groups in total. The number of esters is 1. The quantitative estimate of drug-likeness (QED) is 0.766. The number of primary amides is 1. The van der Waals surface area contributed by atoms with Gasteiger partial charge in [0.25, 0.3) is 0 Å². The molecule has 2 heterocycles. The topological polar surface area (TPSA) is 102 Å². The van der Waals surface area contributed by atoms with Gasteiger partial charge in [-0.1, -0.05) is 18.9 Å². The van der Waals surface area contributed by atoms with E-state index in [0.717, 1.165) is 30.6 Å². The lowest BCUT2D eigenvalue weighted by Crippen LogP contribution is -2.48. The average molecular weight is 379 g/mol. The minimum absolute atomic E-state index is 0.0814. The fourth-order valence-corrected chi connectivity index (χ4v) is 5.11. The van der Waals surface area contributed by atoms with Gasteiger partial charge in [-0.25, -0.2) is 9.59 Å². The number of nitrogens with zero attached hydrogens (tertiary/aromatic N) is 1. The molecule has 8 heteroatoms. The van der Waals surface area contributed by atoms with E-state index in [2.05, 4.69) is 5.32 Å². The summed E-state index contributed by atoms with van der Waals surface area (Å²) in [6.07, 6.45) is 4.90. The van der Waals surface area contributed by atoms with Crippen molar-refractivity contribution < 1.29 is 19.1 Å². The standard InChI is InChI=1S/C18H25N3O4S/c1-25-17(23)14-9-11-5-2-3-6-13(11)21(14)16(22)10-12(20-18(19)24)15-7-4-8-26-15/h4,7-8,11-14H,2-3,5-6,9-10H2,1H3,(H3,19,20,24)/t11-,12-,13-,14-/m0/s1. The third-order valence-corrected chi connectivity index (χ3v) is 6.42. The van der Waals surface area contributed by atoms with Crippen LogP contribution in [0.5, 0.6) is 0 Å². The van der Waals surface area contributed by atoms with E-state index in [1.165, 1.54) is 18.4 Å². The van der Waals surface area contributed by atoms with Crippen LogP contribution < -0.4 is 11.1 Å². The minimum atomic E-state index is -0.669. The van der Waals surface area contributed by atoms with Gasteiger partial charge in [-0.2, -0.15) is 0 Å². The number of hydrogen-bond acceptors (Lipinski definition) is 5. The average Bonchev–Trinajstić information content (AvgIpc) is 3.27. The van der Waals surface area contributed by atoms with E-state index < -0.39 is 18.1 Å². The van der Waals surface area contributed by atoms with Gasteiger partial charge in [0.2, 0.25) is 5.91 Å². The van der Waals surface area contributed by atoms with Crippen molar-refractivity contribution in [3.05, 3.63) is 22.4 Å². The number of thiophene rings is 1. The van der Waals surface area contributed by atoms with Gasteiger partial charge in [0.15, 0.2) is 0 Å². The molecule has 0 spiro atoms. The van der Waals surface area contributed by atoms with Crippen molar-refractivity contribution in [2.45, 2.75) is 56.7 Å². The molecule has 0 bridgehead atoms. The van der Waals surface area contributed by atoms with Gasteiger partial charge in [0, 0.05) is 10.9 Å². The Hall–Kier alpha value is -2.09. The molecule has 0 aromatic carbocycles. The Balaban J connectivity index is 1.80. The predicted molar refractivity (Wildman–Crippen MR) is 97.4 cm³/mol. The molecule has 1 aromatic heterocycles. The molecule has 1 aliphatic carbocycles. The van der Waals surface area contributed by atoms with Gasteiger partial charge < -0.3 is 20.7 Å². The van der Waals surface area contributed by atoms with Crippen LogP contribution in [0.15, 0.2) is 17.5 Å². The zero-order valence-corrected chi connectivity index (χ0v) is 15.7. The van der Waals surface area contributed by atoms with Crippen molar-refractivity contribution in [3.8, 4) is 0 Å². The molecule has 26 heavy (non-hydrogen) atoms. The summed E-state index contributed by atoms with van der Waals surface area (Å²) in [4.78, 5) is 39.4. The SMILES string of the molecule is COC(=O)[C@@H]1C[C@@H]2CCCC[C@@H]2N1C(=O)C[C@H](NC(N)=O)c1cccs1. The third-order valence-electron chi connectivity index (χ3n) is 5.43. The van der Waals surface area contributed by atoms with Crippen molar-refractivity contribution in [2.24, 2.45) is 11.7 Å². The van der Waals surface area contributed by atoms with E-state index in [9.17, 15) is 14.4 Å². The summed E-state index contributed by atoms with van der Waals surface area (Å²) in [6.45, 7) is 0. The summed E-state index contributed by atoms with van der Waals surface area (Å²) in [5.41, 5.74) is 5.29. The maximum atomic E-state index is 13.1. The first-order valence-electron chi connectivity index (χ1n) is 8.99. The maximum absolute atomic E-state index is 13.1. The molecule has 3 rings (SSSR count). The van der Waals surface area contributed by atoms with E-state index in [0.29, 0.717) is 12.3 Å². The Labute approximate surface area is 156 Å². The highest BCUT2D eigenvalue weighted by atomic mass is 32.1. The molecular formula is C18H25N3O4S. The second kappa shape index (κ2) is 8.07. The summed E-state index contributed by atoms with van der Waals surface area (Å²) in [5, 5.41) is 4.54. The van der Waals surface area contributed by atoms with Crippen LogP contribution in [0.1, 0.15) is 49.4 Å². The first-order valence-corrected chi connectivity index (χ1v) is 9.87. The molecule has 1 aromatic rings. The molecule has 0 unspecified atom stereocenters. The van der Waals surface area contributed by atoms with Crippen LogP contribution in [0, 0.1) is 5.92 Å². The molecule has 3 amide bonds.